The highest BCUT2D eigenvalue weighted by atomic mass is 32.1. The van der Waals surface area contributed by atoms with E-state index in [0.29, 0.717) is 0 Å². The molecule has 0 bridgehead atoms. The summed E-state index contributed by atoms with van der Waals surface area (Å²) in [7, 11) is 0. The molecule has 174 valence electrons. The summed E-state index contributed by atoms with van der Waals surface area (Å²) in [6.07, 6.45) is -6.02. The van der Waals surface area contributed by atoms with Crippen LogP contribution in [0.15, 0.2) is 47.8 Å². The zero-order chi connectivity index (χ0) is 24.6. The van der Waals surface area contributed by atoms with Crippen LogP contribution >= 0.6 is 11.3 Å². The highest BCUT2D eigenvalue weighted by Gasteiger charge is 2.36. The molecule has 0 saturated heterocycles. The average molecular weight is 483 g/mol. The fourth-order valence-corrected chi connectivity index (χ4v) is 4.33. The number of amides is 1. The highest BCUT2D eigenvalue weighted by molar-refractivity contribution is 7.14. The summed E-state index contributed by atoms with van der Waals surface area (Å²) in [4.78, 5) is 27.4. The number of nitrogens with zero attached hydrogens (tertiary/aromatic N) is 3. The summed E-state index contributed by atoms with van der Waals surface area (Å²) in [5.41, 5.74) is -2.35. The predicted octanol–water partition coefficient (Wildman–Crippen LogP) is 6.38. The van der Waals surface area contributed by atoms with Crippen molar-refractivity contribution in [2.24, 2.45) is 0 Å². The van der Waals surface area contributed by atoms with E-state index in [2.05, 4.69) is 4.98 Å². The molecule has 2 aromatic carbocycles. The lowest BCUT2D eigenvalue weighted by molar-refractivity contribution is -0.384. The minimum Gasteiger partial charge on any atom is -0.465 e. The van der Waals surface area contributed by atoms with Gasteiger partial charge < -0.3 is 5.11 Å². The number of anilines is 1. The summed E-state index contributed by atoms with van der Waals surface area (Å²) in [5, 5.41) is 22.1. The van der Waals surface area contributed by atoms with E-state index >= 15 is 0 Å². The van der Waals surface area contributed by atoms with Crippen molar-refractivity contribution in [2.75, 3.05) is 4.90 Å². The number of carboxylic acid groups (broad SMARTS) is 1. The number of non-ortho nitro benzene ring substituents is 1. The van der Waals surface area contributed by atoms with Crippen molar-refractivity contribution in [3.05, 3.63) is 74.9 Å². The number of rotatable bonds is 6. The Labute approximate surface area is 189 Å². The zero-order valence-electron chi connectivity index (χ0n) is 17.3. The number of carbonyl (C=O) groups is 1. The summed E-state index contributed by atoms with van der Waals surface area (Å²) in [6.45, 7) is 3.05. The predicted molar refractivity (Wildman–Crippen MR) is 114 cm³/mol. The molecule has 0 fully saturated rings. The first kappa shape index (κ1) is 24.1. The molecular formula is C21H17F4N3O4S. The van der Waals surface area contributed by atoms with Crippen molar-refractivity contribution >= 4 is 28.2 Å². The maximum Gasteiger partial charge on any atom is 0.416 e. The van der Waals surface area contributed by atoms with Crippen LogP contribution in [0.4, 0.5) is 33.2 Å². The molecule has 7 nitrogen and oxygen atoms in total. The van der Waals surface area contributed by atoms with Gasteiger partial charge in [-0.15, -0.1) is 11.3 Å². The molecule has 1 aromatic heterocycles. The van der Waals surface area contributed by atoms with Crippen LogP contribution in [-0.4, -0.2) is 26.6 Å². The normalized spacial score (nSPS) is 11.9. The van der Waals surface area contributed by atoms with Gasteiger partial charge in [-0.2, -0.15) is 13.2 Å². The maximum absolute atomic E-state index is 14.3. The third-order valence-electron chi connectivity index (χ3n) is 4.81. The summed E-state index contributed by atoms with van der Waals surface area (Å²) in [6, 6.07) is 7.48. The van der Waals surface area contributed by atoms with Crippen LogP contribution in [0.2, 0.25) is 0 Å². The van der Waals surface area contributed by atoms with Gasteiger partial charge in [-0.3, -0.25) is 10.1 Å². The lowest BCUT2D eigenvalue weighted by atomic mass is 9.92. The second-order valence-electron chi connectivity index (χ2n) is 7.74. The molecule has 0 atom stereocenters. The molecule has 1 N–H and O–H groups in total. The first-order chi connectivity index (χ1) is 15.3. The first-order valence-electron chi connectivity index (χ1n) is 9.39. The Kier molecular flexibility index (Phi) is 6.41. The van der Waals surface area contributed by atoms with Gasteiger partial charge in [0.15, 0.2) is 5.13 Å². The third-order valence-corrected chi connectivity index (χ3v) is 5.63. The van der Waals surface area contributed by atoms with Gasteiger partial charge in [0.1, 0.15) is 5.82 Å². The van der Waals surface area contributed by atoms with Crippen molar-refractivity contribution in [3.8, 4) is 11.3 Å². The van der Waals surface area contributed by atoms with Crippen molar-refractivity contribution in [3.63, 3.8) is 0 Å². The van der Waals surface area contributed by atoms with E-state index in [1.807, 2.05) is 0 Å². The lowest BCUT2D eigenvalue weighted by Gasteiger charge is -2.35. The highest BCUT2D eigenvalue weighted by Crippen LogP contribution is 2.36. The Morgan fingerprint density at radius 3 is 2.52 bits per heavy atom. The number of benzene rings is 2. The van der Waals surface area contributed by atoms with Crippen LogP contribution in [0.3, 0.4) is 0 Å². The molecule has 0 unspecified atom stereocenters. The summed E-state index contributed by atoms with van der Waals surface area (Å²) < 4.78 is 53.4. The fraction of sp³-hybridized carbons (Fsp3) is 0.238. The van der Waals surface area contributed by atoms with Crippen molar-refractivity contribution < 1.29 is 32.4 Å². The molecule has 33 heavy (non-hydrogen) atoms. The smallest absolute Gasteiger partial charge is 0.416 e. The molecule has 1 heterocycles. The van der Waals surface area contributed by atoms with Gasteiger partial charge in [0.25, 0.3) is 5.69 Å². The second-order valence-corrected chi connectivity index (χ2v) is 8.58. The molecule has 0 saturated carbocycles. The summed E-state index contributed by atoms with van der Waals surface area (Å²) >= 11 is 0.866. The zero-order valence-corrected chi connectivity index (χ0v) is 18.1. The van der Waals surface area contributed by atoms with Crippen LogP contribution in [0.5, 0.6) is 0 Å². The molecule has 12 heteroatoms. The number of hydrogen-bond acceptors (Lipinski definition) is 5. The van der Waals surface area contributed by atoms with Crippen molar-refractivity contribution in [1.82, 2.24) is 4.98 Å². The minimum atomic E-state index is -4.54. The van der Waals surface area contributed by atoms with Crippen LogP contribution in [0.1, 0.15) is 25.0 Å². The maximum atomic E-state index is 14.3. The average Bonchev–Trinajstić information content (AvgIpc) is 3.15. The van der Waals surface area contributed by atoms with Gasteiger partial charge in [-0.05, 0) is 38.0 Å². The summed E-state index contributed by atoms with van der Waals surface area (Å²) in [5.74, 6) is -0.775. The monoisotopic (exact) mass is 483 g/mol. The van der Waals surface area contributed by atoms with Gasteiger partial charge in [0, 0.05) is 23.1 Å². The number of nitro groups is 1. The fourth-order valence-electron chi connectivity index (χ4n) is 3.35. The SMILES string of the molecule is CC(C)(Cc1cccc(C(F)(F)F)c1)N(C(=O)O)c1nc(-c2cc([N+](=O)[O-])ccc2F)cs1. The number of halogens is 4. The Bertz CT molecular complexity index is 1210. The van der Waals surface area contributed by atoms with Gasteiger partial charge >= 0.3 is 12.3 Å². The number of nitro benzene ring substituents is 1. The molecule has 0 radical (unpaired) electrons. The molecule has 3 aromatic rings. The Morgan fingerprint density at radius 2 is 1.91 bits per heavy atom. The van der Waals surface area contributed by atoms with E-state index in [1.165, 1.54) is 31.4 Å². The molecule has 0 aliphatic carbocycles. The van der Waals surface area contributed by atoms with Crippen molar-refractivity contribution in [2.45, 2.75) is 32.0 Å². The van der Waals surface area contributed by atoms with E-state index in [-0.39, 0.29) is 34.1 Å². The topological polar surface area (TPSA) is 96.6 Å². The molecule has 0 aliphatic heterocycles. The molecule has 0 aliphatic rings. The van der Waals surface area contributed by atoms with Gasteiger partial charge in [0.2, 0.25) is 0 Å². The van der Waals surface area contributed by atoms with Gasteiger partial charge in [-0.25, -0.2) is 19.1 Å². The van der Waals surface area contributed by atoms with Crippen LogP contribution in [-0.2, 0) is 12.6 Å². The Morgan fingerprint density at radius 1 is 1.21 bits per heavy atom. The molecule has 3 rings (SSSR count). The minimum absolute atomic E-state index is 0.00248. The quantitative estimate of drug-likeness (QED) is 0.249. The number of aromatic nitrogens is 1. The van der Waals surface area contributed by atoms with E-state index in [1.54, 1.807) is 0 Å². The second kappa shape index (κ2) is 8.77. The van der Waals surface area contributed by atoms with E-state index in [0.717, 1.165) is 46.6 Å². The molecular weight excluding hydrogens is 466 g/mol. The van der Waals surface area contributed by atoms with Gasteiger partial charge in [-0.1, -0.05) is 18.2 Å². The van der Waals surface area contributed by atoms with Gasteiger partial charge in [0.05, 0.1) is 21.7 Å². The largest absolute Gasteiger partial charge is 0.465 e. The van der Waals surface area contributed by atoms with E-state index in [4.69, 9.17) is 0 Å². The third kappa shape index (κ3) is 5.28. The number of alkyl halides is 3. The van der Waals surface area contributed by atoms with Crippen LogP contribution in [0, 0.1) is 15.9 Å². The van der Waals surface area contributed by atoms with Crippen LogP contribution < -0.4 is 4.90 Å². The first-order valence-corrected chi connectivity index (χ1v) is 10.3. The number of thiazole rings is 1. The Balaban J connectivity index is 1.96. The van der Waals surface area contributed by atoms with Crippen molar-refractivity contribution in [1.29, 1.82) is 0 Å². The molecule has 1 amide bonds. The number of hydrogen-bond donors (Lipinski definition) is 1. The lowest BCUT2D eigenvalue weighted by Crippen LogP contribution is -2.49. The Hall–Kier alpha value is -3.54. The molecule has 0 spiro atoms. The van der Waals surface area contributed by atoms with E-state index < -0.39 is 34.1 Å². The van der Waals surface area contributed by atoms with E-state index in [9.17, 15) is 37.6 Å². The standard InChI is InChI=1S/C21H17F4N3O4S/c1-20(2,10-12-4-3-5-13(8-12)21(23,24)25)27(19(29)30)18-26-17(11-33-18)15-9-14(28(31)32)6-7-16(15)22/h3-9,11H,10H2,1-2H3,(H,29,30). The van der Waals surface area contributed by atoms with Crippen LogP contribution in [0.25, 0.3) is 11.3 Å².